The molecule has 2 atom stereocenters. The molecule has 2 aromatic heterocycles. The van der Waals surface area contributed by atoms with E-state index in [-0.39, 0.29) is 18.0 Å². The zero-order valence-electron chi connectivity index (χ0n) is 18.3. The van der Waals surface area contributed by atoms with Crippen LogP contribution in [0.4, 0.5) is 11.4 Å². The van der Waals surface area contributed by atoms with Crippen LogP contribution in [0.3, 0.4) is 0 Å². The molecule has 5 rings (SSSR count). The molecule has 4 aromatic rings. The van der Waals surface area contributed by atoms with Crippen molar-refractivity contribution >= 4 is 46.4 Å². The Bertz CT molecular complexity index is 1290. The van der Waals surface area contributed by atoms with E-state index in [1.807, 2.05) is 77.7 Å². The zero-order valence-corrected chi connectivity index (χ0v) is 20.0. The number of furan rings is 1. The topological polar surface area (TPSA) is 70.4 Å². The Balaban J connectivity index is 1.50. The molecule has 3 heterocycles. The lowest BCUT2D eigenvalue weighted by molar-refractivity contribution is -0.114. The lowest BCUT2D eigenvalue weighted by Gasteiger charge is -2.26. The Kier molecular flexibility index (Phi) is 6.33. The SMILES string of the molecule is CC(=O)Nc1ccc(N2C(=S)N[C@@H](c3ccccn3)[C@H]2c2ccc(Sc3ccccc3)o2)cc1. The standard InChI is InChI=1S/C26H22N4O2S2/c1-17(31)28-18-10-12-19(13-11-18)30-25(24(29-26(30)33)21-9-5-6-16-27-21)22-14-15-23(32-22)34-20-7-3-2-4-8-20/h2-16,24-25H,1H3,(H,28,31)(H,29,33)/t24-,25+/m0/s1. The predicted octanol–water partition coefficient (Wildman–Crippen LogP) is 5.96. The van der Waals surface area contributed by atoms with Gasteiger partial charge < -0.3 is 20.0 Å². The summed E-state index contributed by atoms with van der Waals surface area (Å²) in [6, 6.07) is 27.1. The molecule has 1 fully saturated rings. The number of amides is 1. The molecule has 0 spiro atoms. The van der Waals surface area contributed by atoms with Gasteiger partial charge in [-0.15, -0.1) is 0 Å². The molecule has 0 bridgehead atoms. The molecule has 8 heteroatoms. The number of rotatable bonds is 6. The molecule has 2 N–H and O–H groups in total. The van der Waals surface area contributed by atoms with Crippen molar-refractivity contribution in [2.24, 2.45) is 0 Å². The lowest BCUT2D eigenvalue weighted by atomic mass is 10.0. The molecule has 0 saturated carbocycles. The Labute approximate surface area is 207 Å². The molecular weight excluding hydrogens is 464 g/mol. The number of thiocarbonyl (C=S) groups is 1. The Morgan fingerprint density at radius 1 is 1.03 bits per heavy atom. The number of anilines is 2. The summed E-state index contributed by atoms with van der Waals surface area (Å²) < 4.78 is 6.34. The van der Waals surface area contributed by atoms with Gasteiger partial charge in [0, 0.05) is 29.4 Å². The van der Waals surface area contributed by atoms with E-state index < -0.39 is 0 Å². The van der Waals surface area contributed by atoms with Crippen LogP contribution in [-0.4, -0.2) is 16.0 Å². The van der Waals surface area contributed by atoms with E-state index in [0.717, 1.165) is 32.8 Å². The number of aromatic nitrogens is 1. The number of nitrogens with zero attached hydrogens (tertiary/aromatic N) is 2. The first-order valence-corrected chi connectivity index (χ1v) is 12.0. The summed E-state index contributed by atoms with van der Waals surface area (Å²) in [6.07, 6.45) is 1.78. The van der Waals surface area contributed by atoms with Gasteiger partial charge in [-0.1, -0.05) is 36.0 Å². The van der Waals surface area contributed by atoms with Crippen LogP contribution in [-0.2, 0) is 4.79 Å². The fourth-order valence-corrected chi connectivity index (χ4v) is 5.13. The largest absolute Gasteiger partial charge is 0.452 e. The first-order chi connectivity index (χ1) is 16.6. The van der Waals surface area contributed by atoms with Crippen LogP contribution in [0.1, 0.15) is 30.5 Å². The van der Waals surface area contributed by atoms with Crippen molar-refractivity contribution in [3.63, 3.8) is 0 Å². The highest BCUT2D eigenvalue weighted by atomic mass is 32.2. The van der Waals surface area contributed by atoms with E-state index in [9.17, 15) is 4.79 Å². The molecular formula is C26H22N4O2S2. The summed E-state index contributed by atoms with van der Waals surface area (Å²) >= 11 is 7.34. The molecule has 1 saturated heterocycles. The molecule has 1 aliphatic rings. The zero-order chi connectivity index (χ0) is 23.5. The molecule has 6 nitrogen and oxygen atoms in total. The Morgan fingerprint density at radius 3 is 2.50 bits per heavy atom. The molecule has 1 amide bonds. The third-order valence-corrected chi connectivity index (χ3v) is 6.66. The van der Waals surface area contributed by atoms with Crippen molar-refractivity contribution in [1.29, 1.82) is 0 Å². The van der Waals surface area contributed by atoms with E-state index in [1.54, 1.807) is 18.0 Å². The van der Waals surface area contributed by atoms with Gasteiger partial charge >= 0.3 is 0 Å². The van der Waals surface area contributed by atoms with Gasteiger partial charge in [0.25, 0.3) is 0 Å². The predicted molar refractivity (Wildman–Crippen MR) is 138 cm³/mol. The van der Waals surface area contributed by atoms with Crippen LogP contribution in [0.15, 0.2) is 106 Å². The smallest absolute Gasteiger partial charge is 0.221 e. The van der Waals surface area contributed by atoms with Gasteiger partial charge in [0.1, 0.15) is 11.8 Å². The second-order valence-corrected chi connectivity index (χ2v) is 9.26. The van der Waals surface area contributed by atoms with E-state index in [0.29, 0.717) is 5.11 Å². The Hall–Kier alpha value is -3.62. The van der Waals surface area contributed by atoms with Crippen LogP contribution in [0.2, 0.25) is 0 Å². The second-order valence-electron chi connectivity index (χ2n) is 7.80. The minimum absolute atomic E-state index is 0.113. The summed E-state index contributed by atoms with van der Waals surface area (Å²) in [7, 11) is 0. The number of pyridine rings is 1. The summed E-state index contributed by atoms with van der Waals surface area (Å²) in [4.78, 5) is 19.1. The van der Waals surface area contributed by atoms with Gasteiger partial charge in [-0.05, 0) is 72.9 Å². The van der Waals surface area contributed by atoms with Gasteiger partial charge in [-0.2, -0.15) is 0 Å². The monoisotopic (exact) mass is 486 g/mol. The Morgan fingerprint density at radius 2 is 1.79 bits per heavy atom. The second kappa shape index (κ2) is 9.70. The van der Waals surface area contributed by atoms with E-state index in [4.69, 9.17) is 16.6 Å². The fraction of sp³-hybridized carbons (Fsp3) is 0.115. The first kappa shape index (κ1) is 22.2. The van der Waals surface area contributed by atoms with Gasteiger partial charge in [0.2, 0.25) is 5.91 Å². The maximum Gasteiger partial charge on any atom is 0.221 e. The minimum atomic E-state index is -0.237. The number of hydrogen-bond donors (Lipinski definition) is 2. The van der Waals surface area contributed by atoms with Crippen LogP contribution in [0.5, 0.6) is 0 Å². The number of benzene rings is 2. The minimum Gasteiger partial charge on any atom is -0.452 e. The van der Waals surface area contributed by atoms with E-state index in [1.165, 1.54) is 6.92 Å². The summed E-state index contributed by atoms with van der Waals surface area (Å²) in [5.41, 5.74) is 2.50. The van der Waals surface area contributed by atoms with Gasteiger partial charge in [-0.3, -0.25) is 9.78 Å². The van der Waals surface area contributed by atoms with Gasteiger partial charge in [0.15, 0.2) is 10.2 Å². The fourth-order valence-electron chi connectivity index (χ4n) is 3.98. The van der Waals surface area contributed by atoms with Crippen molar-refractivity contribution in [2.75, 3.05) is 10.2 Å². The molecule has 2 aromatic carbocycles. The summed E-state index contributed by atoms with van der Waals surface area (Å²) in [5, 5.41) is 7.62. The number of hydrogen-bond acceptors (Lipinski definition) is 5. The van der Waals surface area contributed by atoms with Crippen molar-refractivity contribution < 1.29 is 9.21 Å². The molecule has 170 valence electrons. The van der Waals surface area contributed by atoms with Crippen molar-refractivity contribution in [1.82, 2.24) is 10.3 Å². The first-order valence-electron chi connectivity index (χ1n) is 10.8. The van der Waals surface area contributed by atoms with E-state index >= 15 is 0 Å². The number of carbonyl (C=O) groups is 1. The highest BCUT2D eigenvalue weighted by molar-refractivity contribution is 7.99. The van der Waals surface area contributed by atoms with Crippen LogP contribution >= 0.6 is 24.0 Å². The average molecular weight is 487 g/mol. The highest BCUT2D eigenvalue weighted by Gasteiger charge is 2.42. The molecule has 34 heavy (non-hydrogen) atoms. The summed E-state index contributed by atoms with van der Waals surface area (Å²) in [6.45, 7) is 1.49. The molecule has 1 aliphatic heterocycles. The lowest BCUT2D eigenvalue weighted by Crippen LogP contribution is -2.29. The van der Waals surface area contributed by atoms with Crippen LogP contribution in [0.25, 0.3) is 0 Å². The number of nitrogens with one attached hydrogen (secondary N) is 2. The van der Waals surface area contributed by atoms with Crippen LogP contribution in [0, 0.1) is 0 Å². The molecule has 0 radical (unpaired) electrons. The normalized spacial score (nSPS) is 17.4. The van der Waals surface area contributed by atoms with E-state index in [2.05, 4.69) is 27.8 Å². The highest BCUT2D eigenvalue weighted by Crippen LogP contribution is 2.43. The summed E-state index contributed by atoms with van der Waals surface area (Å²) in [5.74, 6) is 0.672. The third-order valence-electron chi connectivity index (χ3n) is 5.42. The van der Waals surface area contributed by atoms with Gasteiger partial charge in [-0.25, -0.2) is 0 Å². The van der Waals surface area contributed by atoms with Gasteiger partial charge in [0.05, 0.1) is 11.7 Å². The van der Waals surface area contributed by atoms with Crippen molar-refractivity contribution in [2.45, 2.75) is 29.0 Å². The van der Waals surface area contributed by atoms with Crippen molar-refractivity contribution in [3.8, 4) is 0 Å². The molecule has 0 unspecified atom stereocenters. The van der Waals surface area contributed by atoms with Crippen LogP contribution < -0.4 is 15.5 Å². The third kappa shape index (κ3) is 4.69. The quantitative estimate of drug-likeness (QED) is 0.326. The maximum absolute atomic E-state index is 11.4. The molecule has 0 aliphatic carbocycles. The van der Waals surface area contributed by atoms with Crippen molar-refractivity contribution in [3.05, 3.63) is 103 Å². The average Bonchev–Trinajstić information content (AvgIpc) is 3.44. The number of carbonyl (C=O) groups excluding carboxylic acids is 1. The maximum atomic E-state index is 11.4.